The molecule has 0 unspecified atom stereocenters. The number of imidazole rings is 1. The molecule has 2 fully saturated rings. The Morgan fingerprint density at radius 3 is 2.33 bits per heavy atom. The minimum Gasteiger partial charge on any atom is -0.444 e. The Labute approximate surface area is 235 Å². The van der Waals surface area contributed by atoms with Crippen LogP contribution in [0.1, 0.15) is 92.6 Å². The fraction of sp³-hybridized carbons (Fsp3) is 0.613. The molecule has 3 rings (SSSR count). The van der Waals surface area contributed by atoms with E-state index in [0.717, 1.165) is 43.9 Å². The van der Waals surface area contributed by atoms with Gasteiger partial charge in [0.2, 0.25) is 0 Å². The number of H-pyrrole nitrogens is 1. The van der Waals surface area contributed by atoms with Gasteiger partial charge in [0.05, 0.1) is 6.20 Å². The molecule has 1 saturated carbocycles. The van der Waals surface area contributed by atoms with Crippen LogP contribution in [0.4, 0.5) is 4.79 Å². The van der Waals surface area contributed by atoms with E-state index in [1.165, 1.54) is 29.7 Å². The van der Waals surface area contributed by atoms with Crippen LogP contribution < -0.4 is 0 Å². The normalized spacial score (nSPS) is 17.4. The molecule has 1 aromatic rings. The minimum absolute atomic E-state index is 0.214. The summed E-state index contributed by atoms with van der Waals surface area (Å²) in [5, 5.41) is 8.40. The standard InChI is InChI=1S/C24H39N3O2.C7H9N3/c1-8-10-13-25-18(3)22(21(9-2)20-11-12-20)19(4)26-14-16-27(17-15-26)23(28)29-24(5,6)7;1-2-3-7-9-5-6(4-8)10-7/h9-10,13,20H,8,11-12,14-17H2,1-7H3;5H,2-3H2,1H3,(H,9,10)/b13-10+,21-9-,22-19-,25-18+;. The molecule has 1 N–H and O–H groups in total. The van der Waals surface area contributed by atoms with Crippen LogP contribution in [-0.2, 0) is 11.2 Å². The third-order valence-corrected chi connectivity index (χ3v) is 6.59. The molecule has 2 heterocycles. The summed E-state index contributed by atoms with van der Waals surface area (Å²) in [6, 6.07) is 1.99. The molecule has 39 heavy (non-hydrogen) atoms. The summed E-state index contributed by atoms with van der Waals surface area (Å²) in [5.74, 6) is 1.56. The maximum atomic E-state index is 12.4. The van der Waals surface area contributed by atoms with Gasteiger partial charge in [0.25, 0.3) is 0 Å². The number of amides is 1. The number of aryl methyl sites for hydroxylation is 1. The van der Waals surface area contributed by atoms with Gasteiger partial charge in [0.1, 0.15) is 23.2 Å². The van der Waals surface area contributed by atoms with Crippen molar-refractivity contribution in [3.63, 3.8) is 0 Å². The zero-order valence-electron chi connectivity index (χ0n) is 25.3. The maximum absolute atomic E-state index is 12.4. The lowest BCUT2D eigenvalue weighted by atomic mass is 9.95. The third-order valence-electron chi connectivity index (χ3n) is 6.59. The highest BCUT2D eigenvalue weighted by molar-refractivity contribution is 6.03. The minimum atomic E-state index is -0.456. The van der Waals surface area contributed by atoms with Crippen LogP contribution in [0.15, 0.2) is 46.4 Å². The van der Waals surface area contributed by atoms with Crippen molar-refractivity contribution in [2.75, 3.05) is 26.2 Å². The molecule has 2 aliphatic rings. The van der Waals surface area contributed by atoms with Gasteiger partial charge >= 0.3 is 6.09 Å². The monoisotopic (exact) mass is 536 g/mol. The molecule has 1 aliphatic carbocycles. The maximum Gasteiger partial charge on any atom is 0.410 e. The number of carbonyl (C=O) groups excluding carboxylic acids is 1. The van der Waals surface area contributed by atoms with Gasteiger partial charge < -0.3 is 19.5 Å². The molecule has 8 heteroatoms. The molecular weight excluding hydrogens is 488 g/mol. The van der Waals surface area contributed by atoms with Gasteiger partial charge in [-0.25, -0.2) is 9.78 Å². The average Bonchev–Trinajstić information content (AvgIpc) is 3.64. The second-order valence-electron chi connectivity index (χ2n) is 11.0. The Balaban J connectivity index is 0.000000446. The van der Waals surface area contributed by atoms with E-state index in [2.05, 4.69) is 61.6 Å². The summed E-state index contributed by atoms with van der Waals surface area (Å²) in [6.07, 6.45) is 13.1. The van der Waals surface area contributed by atoms with Crippen molar-refractivity contribution < 1.29 is 9.53 Å². The molecule has 0 aromatic carbocycles. The zero-order chi connectivity index (χ0) is 29.0. The van der Waals surface area contributed by atoms with Gasteiger partial charge in [-0.15, -0.1) is 0 Å². The number of hydrogen-bond acceptors (Lipinski definition) is 6. The first-order valence-electron chi connectivity index (χ1n) is 14.3. The Kier molecular flexibility index (Phi) is 12.5. The van der Waals surface area contributed by atoms with Crippen LogP contribution in [0.2, 0.25) is 0 Å². The van der Waals surface area contributed by atoms with Gasteiger partial charge in [-0.1, -0.05) is 26.0 Å². The molecular formula is C31H48N6O2. The largest absolute Gasteiger partial charge is 0.444 e. The quantitative estimate of drug-likeness (QED) is 0.291. The number of nitriles is 1. The molecule has 0 atom stereocenters. The lowest BCUT2D eigenvalue weighted by Crippen LogP contribution is -2.49. The molecule has 1 aromatic heterocycles. The van der Waals surface area contributed by atoms with Crippen LogP contribution in [0.25, 0.3) is 0 Å². The second kappa shape index (κ2) is 15.3. The van der Waals surface area contributed by atoms with Gasteiger partial charge in [0.15, 0.2) is 0 Å². The summed E-state index contributed by atoms with van der Waals surface area (Å²) < 4.78 is 5.53. The van der Waals surface area contributed by atoms with E-state index in [1.54, 1.807) is 6.20 Å². The number of aliphatic imine (C=N–C) groups is 1. The van der Waals surface area contributed by atoms with Crippen LogP contribution in [0.3, 0.4) is 0 Å². The number of aromatic amines is 1. The first-order chi connectivity index (χ1) is 18.5. The third kappa shape index (κ3) is 10.4. The molecule has 214 valence electrons. The van der Waals surface area contributed by atoms with Crippen molar-refractivity contribution in [3.05, 3.63) is 52.9 Å². The number of allylic oxidation sites excluding steroid dienone is 5. The fourth-order valence-corrected chi connectivity index (χ4v) is 4.48. The Bertz CT molecular complexity index is 1100. The summed E-state index contributed by atoms with van der Waals surface area (Å²) in [7, 11) is 0. The van der Waals surface area contributed by atoms with E-state index in [0.29, 0.717) is 24.7 Å². The lowest BCUT2D eigenvalue weighted by molar-refractivity contribution is 0.0168. The fourth-order valence-electron chi connectivity index (χ4n) is 4.48. The smallest absolute Gasteiger partial charge is 0.410 e. The van der Waals surface area contributed by atoms with Crippen molar-refractivity contribution in [1.82, 2.24) is 19.8 Å². The van der Waals surface area contributed by atoms with Crippen LogP contribution in [0, 0.1) is 17.2 Å². The highest BCUT2D eigenvalue weighted by atomic mass is 16.6. The number of piperazine rings is 1. The van der Waals surface area contributed by atoms with E-state index < -0.39 is 5.60 Å². The number of nitrogens with one attached hydrogen (secondary N) is 1. The topological polar surface area (TPSA) is 97.6 Å². The zero-order valence-corrected chi connectivity index (χ0v) is 25.3. The van der Waals surface area contributed by atoms with Gasteiger partial charge in [-0.05, 0) is 78.7 Å². The lowest BCUT2D eigenvalue weighted by Gasteiger charge is -2.38. The van der Waals surface area contributed by atoms with E-state index in [1.807, 2.05) is 37.9 Å². The first kappa shape index (κ1) is 31.9. The van der Waals surface area contributed by atoms with E-state index in [4.69, 9.17) is 15.0 Å². The first-order valence-corrected chi connectivity index (χ1v) is 14.3. The van der Waals surface area contributed by atoms with Gasteiger partial charge in [-0.3, -0.25) is 4.99 Å². The number of nitrogens with zero attached hydrogens (tertiary/aromatic N) is 5. The number of carbonyl (C=O) groups is 1. The van der Waals surface area contributed by atoms with E-state index in [-0.39, 0.29) is 6.09 Å². The van der Waals surface area contributed by atoms with Crippen molar-refractivity contribution in [1.29, 1.82) is 5.26 Å². The molecule has 1 saturated heterocycles. The number of rotatable bonds is 8. The Morgan fingerprint density at radius 2 is 1.85 bits per heavy atom. The Hall–Kier alpha value is -3.34. The number of hydrogen-bond donors (Lipinski definition) is 1. The molecule has 0 spiro atoms. The summed E-state index contributed by atoms with van der Waals surface area (Å²) in [4.78, 5) is 28.2. The van der Waals surface area contributed by atoms with E-state index in [9.17, 15) is 4.79 Å². The number of ether oxygens (including phenoxy) is 1. The van der Waals surface area contributed by atoms with Crippen molar-refractivity contribution in [2.45, 2.75) is 93.1 Å². The van der Waals surface area contributed by atoms with Crippen LogP contribution >= 0.6 is 0 Å². The van der Waals surface area contributed by atoms with Crippen LogP contribution in [0.5, 0.6) is 0 Å². The molecule has 0 radical (unpaired) electrons. The summed E-state index contributed by atoms with van der Waals surface area (Å²) in [6.45, 7) is 19.4. The van der Waals surface area contributed by atoms with Gasteiger partial charge in [-0.2, -0.15) is 5.26 Å². The number of aromatic nitrogens is 2. The highest BCUT2D eigenvalue weighted by Gasteiger charge is 2.32. The van der Waals surface area contributed by atoms with Crippen molar-refractivity contribution in [3.8, 4) is 6.07 Å². The molecule has 0 bridgehead atoms. The van der Waals surface area contributed by atoms with Crippen LogP contribution in [-0.4, -0.2) is 63.4 Å². The SMILES string of the molecule is CCCc1ncc(C#N)[nH]1.C\C=C(C(/C(C)=N/C=C/CC)=C(/C)N1CCN(C(=O)OC(C)(C)C)CC1)\C1CC1. The van der Waals surface area contributed by atoms with Crippen molar-refractivity contribution in [2.24, 2.45) is 10.9 Å². The second-order valence-corrected chi connectivity index (χ2v) is 11.0. The average molecular weight is 537 g/mol. The van der Waals surface area contributed by atoms with E-state index >= 15 is 0 Å². The summed E-state index contributed by atoms with van der Waals surface area (Å²) >= 11 is 0. The predicted octanol–water partition coefficient (Wildman–Crippen LogP) is 6.79. The summed E-state index contributed by atoms with van der Waals surface area (Å²) in [5.41, 5.74) is 5.12. The van der Waals surface area contributed by atoms with Crippen molar-refractivity contribution >= 4 is 11.8 Å². The predicted molar refractivity (Wildman–Crippen MR) is 158 cm³/mol. The van der Waals surface area contributed by atoms with Gasteiger partial charge in [0, 0.05) is 55.8 Å². The Morgan fingerprint density at radius 1 is 1.21 bits per heavy atom. The molecule has 1 aliphatic heterocycles. The highest BCUT2D eigenvalue weighted by Crippen LogP contribution is 2.41. The molecule has 8 nitrogen and oxygen atoms in total. The molecule has 1 amide bonds.